The number of nitrogens with two attached hydrogens (primary N) is 1. The highest BCUT2D eigenvalue weighted by atomic mass is 35.5. The smallest absolute Gasteiger partial charge is 0.246 e. The lowest BCUT2D eigenvalue weighted by molar-refractivity contribution is -0.144. The minimum Gasteiger partial charge on any atom is -0.496 e. The molecule has 49 heavy (non-hydrogen) atoms. The van der Waals surface area contributed by atoms with Gasteiger partial charge in [-0.1, -0.05) is 69.6 Å². The number of nitrogens with one attached hydrogen (secondary N) is 1. The average Bonchev–Trinajstić information content (AvgIpc) is 3.65. The van der Waals surface area contributed by atoms with E-state index in [4.69, 9.17) is 26.9 Å². The number of aliphatic hydroxyl groups excluding tert-OH is 1. The van der Waals surface area contributed by atoms with E-state index in [1.54, 1.807) is 13.2 Å². The summed E-state index contributed by atoms with van der Waals surface area (Å²) in [5, 5.41) is 18.7. The number of hydrogen-bond acceptors (Lipinski definition) is 8. The van der Waals surface area contributed by atoms with Gasteiger partial charge in [-0.25, -0.2) is 0 Å². The number of oxime groups is 1. The Morgan fingerprint density at radius 1 is 1.14 bits per heavy atom. The van der Waals surface area contributed by atoms with Gasteiger partial charge in [0.05, 0.1) is 25.4 Å². The Labute approximate surface area is 294 Å². The molecule has 2 saturated carbocycles. The molecule has 4 N–H and O–H groups in total. The number of carbonyl (C=O) groups excluding carboxylic acids is 4. The third kappa shape index (κ3) is 8.77. The molecule has 1 saturated heterocycles. The first kappa shape index (κ1) is 37.1. The maximum atomic E-state index is 14.6. The Balaban J connectivity index is 1.42. The number of hydrogen-bond donors (Lipinski definition) is 3. The van der Waals surface area contributed by atoms with Gasteiger partial charge in [0.15, 0.2) is 11.4 Å². The van der Waals surface area contributed by atoms with E-state index in [2.05, 4.69) is 10.5 Å². The monoisotopic (exact) mass is 700 g/mol. The van der Waals surface area contributed by atoms with Crippen molar-refractivity contribution in [3.05, 3.63) is 28.3 Å². The Hall–Kier alpha value is -3.18. The van der Waals surface area contributed by atoms with E-state index in [9.17, 15) is 24.3 Å². The zero-order valence-electron chi connectivity index (χ0n) is 29.6. The molecule has 2 aliphatic heterocycles. The van der Waals surface area contributed by atoms with Crippen molar-refractivity contribution in [3.63, 3.8) is 0 Å². The van der Waals surface area contributed by atoms with Gasteiger partial charge in [0.2, 0.25) is 17.7 Å². The molecule has 5 rings (SSSR count). The van der Waals surface area contributed by atoms with Crippen molar-refractivity contribution in [1.29, 1.82) is 0 Å². The maximum Gasteiger partial charge on any atom is 0.246 e. The number of carbonyl (C=O) groups is 4. The molecule has 11 nitrogen and oxygen atoms in total. The molecule has 1 aromatic rings. The first-order valence-corrected chi connectivity index (χ1v) is 18.2. The van der Waals surface area contributed by atoms with Crippen LogP contribution in [-0.4, -0.2) is 76.7 Å². The molecule has 5 atom stereocenters. The molecule has 2 aliphatic carbocycles. The Morgan fingerprint density at radius 2 is 1.84 bits per heavy atom. The summed E-state index contributed by atoms with van der Waals surface area (Å²) in [6.07, 6.45) is 7.07. The van der Waals surface area contributed by atoms with E-state index in [-0.39, 0.29) is 37.0 Å². The van der Waals surface area contributed by atoms with Gasteiger partial charge in [-0.05, 0) is 61.1 Å². The van der Waals surface area contributed by atoms with Crippen molar-refractivity contribution in [1.82, 2.24) is 10.2 Å². The lowest BCUT2D eigenvalue weighted by Crippen LogP contribution is -2.57. The fraction of sp³-hybridized carbons (Fsp3) is 0.703. The topological polar surface area (TPSA) is 161 Å². The third-order valence-corrected chi connectivity index (χ3v) is 11.2. The molecular formula is C37H53ClN4O7. The zero-order chi connectivity index (χ0) is 35.7. The van der Waals surface area contributed by atoms with E-state index in [1.807, 2.05) is 33.8 Å². The zero-order valence-corrected chi connectivity index (χ0v) is 30.3. The normalized spacial score (nSPS) is 24.6. The molecule has 2 heterocycles. The van der Waals surface area contributed by atoms with E-state index in [0.29, 0.717) is 53.1 Å². The second kappa shape index (κ2) is 15.0. The SMILES string of the molecule is COc1cc(C)c(Cl)cc1C1=NO[C@]2(C1)C[C@@H](C(=O)C[C@@H](CC1CC1)C(O)C(N)=O)N(C(=O)[C@@H](NC(=O)CC1CCCCC1)C(C)(C)C)C2. The first-order valence-electron chi connectivity index (χ1n) is 17.8. The first-order chi connectivity index (χ1) is 23.1. The lowest BCUT2D eigenvalue weighted by Gasteiger charge is -2.36. The van der Waals surface area contributed by atoms with Gasteiger partial charge in [-0.15, -0.1) is 0 Å². The Bertz CT molecular complexity index is 1460. The van der Waals surface area contributed by atoms with E-state index in [0.717, 1.165) is 44.1 Å². The summed E-state index contributed by atoms with van der Waals surface area (Å²) in [6.45, 7) is 7.64. The van der Waals surface area contributed by atoms with Gasteiger partial charge >= 0.3 is 0 Å². The molecule has 0 bridgehead atoms. The largest absolute Gasteiger partial charge is 0.496 e. The number of nitrogens with zero attached hydrogens (tertiary/aromatic N) is 2. The van der Waals surface area contributed by atoms with Crippen LogP contribution in [0.2, 0.25) is 5.02 Å². The number of aryl methyl sites for hydroxylation is 1. The number of halogens is 1. The second-order valence-corrected chi connectivity index (χ2v) is 16.4. The van der Waals surface area contributed by atoms with Gasteiger partial charge in [-0.3, -0.25) is 19.2 Å². The van der Waals surface area contributed by atoms with Crippen molar-refractivity contribution in [2.75, 3.05) is 13.7 Å². The summed E-state index contributed by atoms with van der Waals surface area (Å²) >= 11 is 6.48. The molecule has 12 heteroatoms. The molecule has 1 unspecified atom stereocenters. The number of likely N-dealkylation sites (tertiary alicyclic amines) is 1. The van der Waals surface area contributed by atoms with E-state index >= 15 is 0 Å². The maximum absolute atomic E-state index is 14.6. The molecule has 1 spiro atoms. The molecule has 0 radical (unpaired) electrons. The number of methoxy groups -OCH3 is 1. The van der Waals surface area contributed by atoms with Crippen LogP contribution in [0.4, 0.5) is 0 Å². The number of Topliss-reactive ketones (excluding diaryl/α,β-unsaturated/α-hetero) is 1. The predicted molar refractivity (Wildman–Crippen MR) is 186 cm³/mol. The highest BCUT2D eigenvalue weighted by Gasteiger charge is 2.55. The van der Waals surface area contributed by atoms with Crippen molar-refractivity contribution < 1.29 is 33.9 Å². The van der Waals surface area contributed by atoms with Gasteiger partial charge in [0.1, 0.15) is 17.9 Å². The molecule has 1 aromatic carbocycles. The lowest BCUT2D eigenvalue weighted by atomic mass is 9.83. The van der Waals surface area contributed by atoms with Crippen LogP contribution in [-0.2, 0) is 24.0 Å². The van der Waals surface area contributed by atoms with Crippen LogP contribution in [0.3, 0.4) is 0 Å². The summed E-state index contributed by atoms with van der Waals surface area (Å²) in [5.74, 6) is -1.15. The summed E-state index contributed by atoms with van der Waals surface area (Å²) in [6, 6.07) is 1.79. The number of primary amides is 1. The highest BCUT2D eigenvalue weighted by molar-refractivity contribution is 6.32. The van der Waals surface area contributed by atoms with Crippen LogP contribution < -0.4 is 15.8 Å². The minimum absolute atomic E-state index is 0.0634. The standard InChI is InChI=1S/C37H53ClN4O7/c1-21-13-30(48-5)25(17-26(21)38)27-18-37(49-41-27)19-28(29(43)16-24(14-23-11-12-23)32(45)34(39)46)42(20-37)35(47)33(36(2,3)4)40-31(44)15-22-9-7-6-8-10-22/h13,17,22-24,28,32-33,45H,6-12,14-16,18-20H2,1-5H3,(H2,39,46)(H,40,44)/t24-,28+,32?,33-,37-/m1/s1. The quantitative estimate of drug-likeness (QED) is 0.265. The fourth-order valence-corrected chi connectivity index (χ4v) is 7.96. The van der Waals surface area contributed by atoms with Crippen molar-refractivity contribution >= 4 is 40.8 Å². The number of ether oxygens (including phenoxy) is 1. The Morgan fingerprint density at radius 3 is 2.45 bits per heavy atom. The van der Waals surface area contributed by atoms with Gasteiger partial charge in [0.25, 0.3) is 0 Å². The van der Waals surface area contributed by atoms with Crippen LogP contribution in [0.5, 0.6) is 5.75 Å². The molecule has 3 amide bonds. The summed E-state index contributed by atoms with van der Waals surface area (Å²) < 4.78 is 5.63. The molecule has 270 valence electrons. The molecule has 0 aromatic heterocycles. The van der Waals surface area contributed by atoms with Crippen LogP contribution in [0.25, 0.3) is 0 Å². The van der Waals surface area contributed by atoms with Crippen molar-refractivity contribution in [2.45, 2.75) is 129 Å². The number of ketones is 1. The second-order valence-electron chi connectivity index (χ2n) is 16.0. The van der Waals surface area contributed by atoms with Crippen LogP contribution in [0.15, 0.2) is 17.3 Å². The number of rotatable bonds is 13. The Kier molecular flexibility index (Phi) is 11.3. The van der Waals surface area contributed by atoms with Crippen molar-refractivity contribution in [3.8, 4) is 5.75 Å². The number of aliphatic hydroxyl groups is 1. The van der Waals surface area contributed by atoms with Crippen LogP contribution in [0.1, 0.15) is 109 Å². The average molecular weight is 701 g/mol. The highest BCUT2D eigenvalue weighted by Crippen LogP contribution is 2.43. The van der Waals surface area contributed by atoms with Crippen LogP contribution >= 0.6 is 11.6 Å². The number of benzene rings is 1. The van der Waals surface area contributed by atoms with Crippen molar-refractivity contribution in [2.24, 2.45) is 34.1 Å². The fourth-order valence-electron chi connectivity index (χ4n) is 7.80. The minimum atomic E-state index is -1.47. The third-order valence-electron chi connectivity index (χ3n) is 10.8. The van der Waals surface area contributed by atoms with Gasteiger partial charge in [0, 0.05) is 42.2 Å². The van der Waals surface area contributed by atoms with E-state index in [1.165, 1.54) is 11.3 Å². The van der Waals surface area contributed by atoms with Gasteiger partial charge in [-0.2, -0.15) is 0 Å². The number of amides is 3. The van der Waals surface area contributed by atoms with Crippen LogP contribution in [0, 0.1) is 30.1 Å². The summed E-state index contributed by atoms with van der Waals surface area (Å²) in [7, 11) is 1.57. The molecule has 3 fully saturated rings. The predicted octanol–water partition coefficient (Wildman–Crippen LogP) is 4.84. The summed E-state index contributed by atoms with van der Waals surface area (Å²) in [4.78, 5) is 62.0. The van der Waals surface area contributed by atoms with Gasteiger partial charge < -0.3 is 30.6 Å². The van der Waals surface area contributed by atoms with E-state index < -0.39 is 41.0 Å². The summed E-state index contributed by atoms with van der Waals surface area (Å²) in [5.41, 5.74) is 5.90. The molecular weight excluding hydrogens is 648 g/mol. The molecule has 4 aliphatic rings.